The number of hydrogen-bond acceptors (Lipinski definition) is 6. The van der Waals surface area contributed by atoms with Crippen molar-refractivity contribution in [3.8, 4) is 29.7 Å². The molecule has 0 saturated heterocycles. The molecule has 31 heavy (non-hydrogen) atoms. The SMILES string of the molecule is COc1ccc(OC)c([C@H]2[C@@H]3C[C@H](C(C)(C)C)CC=C3C(C#N)=C(N)C2(C#N)C#N)c1. The Morgan fingerprint density at radius 1 is 1.10 bits per heavy atom. The van der Waals surface area contributed by atoms with Gasteiger partial charge in [-0.05, 0) is 53.9 Å². The molecule has 2 aliphatic rings. The van der Waals surface area contributed by atoms with Crippen molar-refractivity contribution in [2.24, 2.45) is 28.4 Å². The number of fused-ring (bicyclic) bond motifs is 1. The van der Waals surface area contributed by atoms with Crippen molar-refractivity contribution in [1.82, 2.24) is 0 Å². The number of hydrogen-bond donors (Lipinski definition) is 1. The van der Waals surface area contributed by atoms with E-state index >= 15 is 0 Å². The van der Waals surface area contributed by atoms with E-state index in [1.807, 2.05) is 6.07 Å². The second-order valence-corrected chi connectivity index (χ2v) is 9.32. The van der Waals surface area contributed by atoms with Crippen LogP contribution in [0.3, 0.4) is 0 Å². The van der Waals surface area contributed by atoms with Crippen molar-refractivity contribution in [2.75, 3.05) is 14.2 Å². The van der Waals surface area contributed by atoms with Crippen LogP contribution in [-0.2, 0) is 0 Å². The van der Waals surface area contributed by atoms with Crippen LogP contribution in [0.25, 0.3) is 0 Å². The third-order valence-electron chi connectivity index (χ3n) is 6.87. The molecule has 0 radical (unpaired) electrons. The molecule has 0 saturated carbocycles. The lowest BCUT2D eigenvalue weighted by atomic mass is 9.54. The van der Waals surface area contributed by atoms with Gasteiger partial charge in [-0.25, -0.2) is 0 Å². The molecule has 6 heteroatoms. The third kappa shape index (κ3) is 3.41. The van der Waals surface area contributed by atoms with Crippen molar-refractivity contribution in [1.29, 1.82) is 15.8 Å². The normalized spacial score (nSPS) is 24.7. The first-order chi connectivity index (χ1) is 14.7. The quantitative estimate of drug-likeness (QED) is 0.771. The highest BCUT2D eigenvalue weighted by Crippen LogP contribution is 2.59. The van der Waals surface area contributed by atoms with Gasteiger partial charge in [-0.3, -0.25) is 0 Å². The number of ether oxygens (including phenoxy) is 2. The predicted molar refractivity (Wildman–Crippen MR) is 117 cm³/mol. The molecule has 0 aromatic heterocycles. The molecular formula is C25H28N4O2. The van der Waals surface area contributed by atoms with Crippen LogP contribution in [0.2, 0.25) is 0 Å². The molecule has 0 unspecified atom stereocenters. The molecule has 160 valence electrons. The van der Waals surface area contributed by atoms with Gasteiger partial charge >= 0.3 is 0 Å². The summed E-state index contributed by atoms with van der Waals surface area (Å²) >= 11 is 0. The monoisotopic (exact) mass is 416 g/mol. The smallest absolute Gasteiger partial charge is 0.191 e. The maximum Gasteiger partial charge on any atom is 0.191 e. The number of allylic oxidation sites excluding steroid dienone is 4. The van der Waals surface area contributed by atoms with Gasteiger partial charge in [0, 0.05) is 11.5 Å². The Hall–Kier alpha value is -3.43. The first kappa shape index (κ1) is 22.3. The lowest BCUT2D eigenvalue weighted by Crippen LogP contribution is -2.44. The van der Waals surface area contributed by atoms with Crippen molar-refractivity contribution in [3.63, 3.8) is 0 Å². The fraction of sp³-hybridized carbons (Fsp3) is 0.480. The van der Waals surface area contributed by atoms with Crippen molar-refractivity contribution in [2.45, 2.75) is 39.5 Å². The van der Waals surface area contributed by atoms with Gasteiger partial charge in [0.05, 0.1) is 37.6 Å². The summed E-state index contributed by atoms with van der Waals surface area (Å²) in [7, 11) is 3.13. The van der Waals surface area contributed by atoms with Crippen molar-refractivity contribution in [3.05, 3.63) is 46.7 Å². The Morgan fingerprint density at radius 2 is 1.77 bits per heavy atom. The van der Waals surface area contributed by atoms with Gasteiger partial charge in [-0.1, -0.05) is 26.8 Å². The summed E-state index contributed by atoms with van der Waals surface area (Å²) in [4.78, 5) is 0. The molecule has 2 N–H and O–H groups in total. The standard InChI is InChI=1S/C25H28N4O2/c1-24(2,3)15-6-8-17-18(10-15)22(19-11-16(30-4)7-9-21(19)31-5)25(13-27,14-28)23(29)20(17)12-26/h7-9,11,15,18,22H,6,10,29H2,1-5H3/t15-,18-,22-/m1/s1. The van der Waals surface area contributed by atoms with E-state index in [-0.39, 0.29) is 22.6 Å². The average Bonchev–Trinajstić information content (AvgIpc) is 2.77. The van der Waals surface area contributed by atoms with E-state index in [2.05, 4.69) is 45.1 Å². The van der Waals surface area contributed by atoms with Gasteiger partial charge < -0.3 is 15.2 Å². The van der Waals surface area contributed by atoms with E-state index in [1.165, 1.54) is 0 Å². The molecule has 0 bridgehead atoms. The maximum atomic E-state index is 10.3. The summed E-state index contributed by atoms with van der Waals surface area (Å²) in [5.74, 6) is 0.671. The van der Waals surface area contributed by atoms with Crippen molar-refractivity contribution < 1.29 is 9.47 Å². The van der Waals surface area contributed by atoms with Crippen LogP contribution in [0.1, 0.15) is 45.1 Å². The highest BCUT2D eigenvalue weighted by molar-refractivity contribution is 5.61. The second-order valence-electron chi connectivity index (χ2n) is 9.32. The topological polar surface area (TPSA) is 116 Å². The van der Waals surface area contributed by atoms with E-state index in [0.717, 1.165) is 18.4 Å². The summed E-state index contributed by atoms with van der Waals surface area (Å²) in [5.41, 5.74) is 6.56. The van der Waals surface area contributed by atoms with Gasteiger partial charge in [0.15, 0.2) is 5.41 Å². The molecule has 0 aliphatic heterocycles. The largest absolute Gasteiger partial charge is 0.497 e. The van der Waals surface area contributed by atoms with Gasteiger partial charge in [0.1, 0.15) is 17.6 Å². The summed E-state index contributed by atoms with van der Waals surface area (Å²) < 4.78 is 11.1. The minimum Gasteiger partial charge on any atom is -0.497 e. The van der Waals surface area contributed by atoms with Gasteiger partial charge in [0.25, 0.3) is 0 Å². The highest BCUT2D eigenvalue weighted by atomic mass is 16.5. The summed E-state index contributed by atoms with van der Waals surface area (Å²) in [6, 6.07) is 11.9. The minimum absolute atomic E-state index is 0.0200. The van der Waals surface area contributed by atoms with E-state index < -0.39 is 11.3 Å². The molecule has 0 spiro atoms. The van der Waals surface area contributed by atoms with Gasteiger partial charge in [-0.15, -0.1) is 0 Å². The molecular weight excluding hydrogens is 388 g/mol. The molecule has 1 aromatic rings. The number of nitriles is 3. The van der Waals surface area contributed by atoms with Crippen LogP contribution in [0, 0.1) is 56.7 Å². The van der Waals surface area contributed by atoms with E-state index in [0.29, 0.717) is 23.0 Å². The van der Waals surface area contributed by atoms with Gasteiger partial charge in [-0.2, -0.15) is 15.8 Å². The Kier molecular flexibility index (Phi) is 5.75. The zero-order chi connectivity index (χ0) is 23.0. The number of benzene rings is 1. The van der Waals surface area contributed by atoms with Crippen LogP contribution < -0.4 is 15.2 Å². The van der Waals surface area contributed by atoms with Crippen LogP contribution in [0.5, 0.6) is 11.5 Å². The van der Waals surface area contributed by atoms with Gasteiger partial charge in [0.2, 0.25) is 0 Å². The van der Waals surface area contributed by atoms with Crippen LogP contribution in [0.15, 0.2) is 41.1 Å². The Labute approximate surface area is 184 Å². The molecule has 2 aliphatic carbocycles. The maximum absolute atomic E-state index is 10.3. The van der Waals surface area contributed by atoms with E-state index in [4.69, 9.17) is 15.2 Å². The number of nitrogens with two attached hydrogens (primary N) is 1. The lowest BCUT2D eigenvalue weighted by Gasteiger charge is -2.47. The zero-order valence-electron chi connectivity index (χ0n) is 18.7. The summed E-state index contributed by atoms with van der Waals surface area (Å²) in [5, 5.41) is 30.4. The number of methoxy groups -OCH3 is 2. The first-order valence-corrected chi connectivity index (χ1v) is 10.3. The highest BCUT2D eigenvalue weighted by Gasteiger charge is 2.55. The molecule has 6 nitrogen and oxygen atoms in total. The fourth-order valence-corrected chi connectivity index (χ4v) is 5.02. The van der Waals surface area contributed by atoms with E-state index in [9.17, 15) is 15.8 Å². The number of rotatable bonds is 3. The molecule has 0 amide bonds. The van der Waals surface area contributed by atoms with Crippen LogP contribution >= 0.6 is 0 Å². The predicted octanol–water partition coefficient (Wildman–Crippen LogP) is 4.57. The number of nitrogens with zero attached hydrogens (tertiary/aromatic N) is 3. The van der Waals surface area contributed by atoms with Crippen LogP contribution in [0.4, 0.5) is 0 Å². The Morgan fingerprint density at radius 3 is 2.29 bits per heavy atom. The van der Waals surface area contributed by atoms with Crippen LogP contribution in [-0.4, -0.2) is 14.2 Å². The molecule has 0 fully saturated rings. The zero-order valence-corrected chi connectivity index (χ0v) is 18.7. The van der Waals surface area contributed by atoms with Crippen molar-refractivity contribution >= 4 is 0 Å². The summed E-state index contributed by atoms with van der Waals surface area (Å²) in [6.45, 7) is 6.58. The molecule has 3 atom stereocenters. The second kappa shape index (κ2) is 8.01. The Balaban J connectivity index is 2.37. The summed E-state index contributed by atoms with van der Waals surface area (Å²) in [6.07, 6.45) is 3.64. The average molecular weight is 417 g/mol. The third-order valence-corrected chi connectivity index (χ3v) is 6.87. The molecule has 1 aromatic carbocycles. The molecule has 0 heterocycles. The first-order valence-electron chi connectivity index (χ1n) is 10.3. The fourth-order valence-electron chi connectivity index (χ4n) is 5.02. The lowest BCUT2D eigenvalue weighted by molar-refractivity contribution is 0.169. The van der Waals surface area contributed by atoms with E-state index in [1.54, 1.807) is 26.4 Å². The minimum atomic E-state index is -1.69. The Bertz CT molecular complexity index is 1060. The molecule has 3 rings (SSSR count).